The Kier molecular flexibility index (Phi) is 2.52. The SMILES string of the molecule is CC1CC1Nc1ccc(Cl)cc1[N+](=O)[O-]. The lowest BCUT2D eigenvalue weighted by atomic mass is 10.2. The highest BCUT2D eigenvalue weighted by atomic mass is 35.5. The molecule has 2 rings (SSSR count). The molecule has 1 fully saturated rings. The monoisotopic (exact) mass is 226 g/mol. The van der Waals surface area contributed by atoms with E-state index in [-0.39, 0.29) is 5.69 Å². The Balaban J connectivity index is 2.25. The lowest BCUT2D eigenvalue weighted by molar-refractivity contribution is -0.383. The molecule has 4 nitrogen and oxygen atoms in total. The molecule has 1 aliphatic rings. The highest BCUT2D eigenvalue weighted by Crippen LogP contribution is 2.36. The Bertz CT molecular complexity index is 408. The molecule has 1 N–H and O–H groups in total. The maximum atomic E-state index is 10.8. The van der Waals surface area contributed by atoms with Gasteiger partial charge in [0.25, 0.3) is 5.69 Å². The van der Waals surface area contributed by atoms with Crippen molar-refractivity contribution < 1.29 is 4.92 Å². The van der Waals surface area contributed by atoms with Gasteiger partial charge in [-0.15, -0.1) is 0 Å². The van der Waals surface area contributed by atoms with Crippen LogP contribution in [0.4, 0.5) is 11.4 Å². The van der Waals surface area contributed by atoms with Gasteiger partial charge in [-0.1, -0.05) is 18.5 Å². The van der Waals surface area contributed by atoms with Crippen LogP contribution >= 0.6 is 11.6 Å². The Hall–Kier alpha value is -1.29. The van der Waals surface area contributed by atoms with Crippen LogP contribution in [-0.4, -0.2) is 11.0 Å². The van der Waals surface area contributed by atoms with Crippen LogP contribution in [0.15, 0.2) is 18.2 Å². The summed E-state index contributed by atoms with van der Waals surface area (Å²) in [5.41, 5.74) is 0.598. The summed E-state index contributed by atoms with van der Waals surface area (Å²) in [6.45, 7) is 2.11. The molecule has 0 saturated heterocycles. The first-order valence-corrected chi connectivity index (χ1v) is 5.16. The van der Waals surface area contributed by atoms with E-state index < -0.39 is 4.92 Å². The highest BCUT2D eigenvalue weighted by Gasteiger charge is 2.33. The number of nitro groups is 1. The zero-order valence-electron chi connectivity index (χ0n) is 8.24. The number of hydrogen-bond donors (Lipinski definition) is 1. The third kappa shape index (κ3) is 2.21. The molecule has 1 saturated carbocycles. The van der Waals surface area contributed by atoms with Gasteiger partial charge >= 0.3 is 0 Å². The predicted octanol–water partition coefficient (Wildman–Crippen LogP) is 3.07. The Morgan fingerprint density at radius 2 is 2.27 bits per heavy atom. The summed E-state index contributed by atoms with van der Waals surface area (Å²) in [6.07, 6.45) is 1.07. The van der Waals surface area contributed by atoms with Gasteiger partial charge in [0.2, 0.25) is 0 Å². The van der Waals surface area contributed by atoms with Crippen LogP contribution in [0.3, 0.4) is 0 Å². The number of rotatable bonds is 3. The molecule has 0 spiro atoms. The van der Waals surface area contributed by atoms with Gasteiger partial charge in [0.05, 0.1) is 4.92 Å². The van der Waals surface area contributed by atoms with Gasteiger partial charge < -0.3 is 5.32 Å². The fraction of sp³-hybridized carbons (Fsp3) is 0.400. The van der Waals surface area contributed by atoms with Crippen LogP contribution in [0.2, 0.25) is 5.02 Å². The lowest BCUT2D eigenvalue weighted by Gasteiger charge is -2.05. The van der Waals surface area contributed by atoms with Gasteiger partial charge in [-0.3, -0.25) is 10.1 Å². The van der Waals surface area contributed by atoms with Crippen molar-refractivity contribution >= 4 is 23.0 Å². The average Bonchev–Trinajstić information content (AvgIpc) is 2.85. The second kappa shape index (κ2) is 3.70. The van der Waals surface area contributed by atoms with Crippen LogP contribution in [0, 0.1) is 16.0 Å². The first-order valence-electron chi connectivity index (χ1n) is 4.78. The number of halogens is 1. The molecule has 1 aliphatic carbocycles. The van der Waals surface area contributed by atoms with Crippen molar-refractivity contribution in [2.75, 3.05) is 5.32 Å². The van der Waals surface area contributed by atoms with Crippen LogP contribution in [0.5, 0.6) is 0 Å². The van der Waals surface area contributed by atoms with Gasteiger partial charge in [0, 0.05) is 17.1 Å². The van der Waals surface area contributed by atoms with E-state index in [9.17, 15) is 10.1 Å². The fourth-order valence-corrected chi connectivity index (χ4v) is 1.67. The number of nitrogens with one attached hydrogen (secondary N) is 1. The van der Waals surface area contributed by atoms with Gasteiger partial charge in [0.1, 0.15) is 5.69 Å². The van der Waals surface area contributed by atoms with Crippen LogP contribution in [0.1, 0.15) is 13.3 Å². The van der Waals surface area contributed by atoms with Crippen LogP contribution in [-0.2, 0) is 0 Å². The molecule has 2 unspecified atom stereocenters. The Morgan fingerprint density at radius 1 is 1.60 bits per heavy atom. The molecule has 0 bridgehead atoms. The van der Waals surface area contributed by atoms with E-state index in [1.165, 1.54) is 6.07 Å². The number of anilines is 1. The van der Waals surface area contributed by atoms with Crippen molar-refractivity contribution in [3.63, 3.8) is 0 Å². The summed E-state index contributed by atoms with van der Waals surface area (Å²) in [7, 11) is 0. The van der Waals surface area contributed by atoms with Crippen molar-refractivity contribution in [1.29, 1.82) is 0 Å². The summed E-state index contributed by atoms with van der Waals surface area (Å²) >= 11 is 5.71. The molecule has 1 aromatic carbocycles. The molecule has 0 aromatic heterocycles. The molecule has 0 amide bonds. The van der Waals surface area contributed by atoms with Gasteiger partial charge in [-0.25, -0.2) is 0 Å². The minimum atomic E-state index is -0.415. The maximum absolute atomic E-state index is 10.8. The summed E-state index contributed by atoms with van der Waals surface area (Å²) in [5.74, 6) is 0.597. The quantitative estimate of drug-likeness (QED) is 0.637. The van der Waals surface area contributed by atoms with E-state index in [1.54, 1.807) is 12.1 Å². The molecule has 2 atom stereocenters. The summed E-state index contributed by atoms with van der Waals surface area (Å²) in [5, 5.41) is 14.3. The van der Waals surface area contributed by atoms with E-state index in [0.29, 0.717) is 22.7 Å². The third-order valence-corrected chi connectivity index (χ3v) is 2.84. The smallest absolute Gasteiger partial charge is 0.293 e. The zero-order valence-corrected chi connectivity index (χ0v) is 8.99. The van der Waals surface area contributed by atoms with Crippen molar-refractivity contribution in [1.82, 2.24) is 0 Å². The van der Waals surface area contributed by atoms with Crippen molar-refractivity contribution in [3.8, 4) is 0 Å². The Morgan fingerprint density at radius 3 is 2.80 bits per heavy atom. The average molecular weight is 227 g/mol. The van der Waals surface area contributed by atoms with Gasteiger partial charge in [-0.2, -0.15) is 0 Å². The van der Waals surface area contributed by atoms with Crippen LogP contribution < -0.4 is 5.32 Å². The zero-order chi connectivity index (χ0) is 11.0. The minimum absolute atomic E-state index is 0.0431. The minimum Gasteiger partial charge on any atom is -0.376 e. The van der Waals surface area contributed by atoms with Crippen molar-refractivity contribution in [2.45, 2.75) is 19.4 Å². The number of hydrogen-bond acceptors (Lipinski definition) is 3. The molecule has 80 valence electrons. The van der Waals surface area contributed by atoms with E-state index in [1.807, 2.05) is 0 Å². The first kappa shape index (κ1) is 10.2. The first-order chi connectivity index (χ1) is 7.08. The molecule has 0 heterocycles. The predicted molar refractivity (Wildman–Crippen MR) is 59.3 cm³/mol. The number of nitrogens with zero attached hydrogens (tertiary/aromatic N) is 1. The number of nitro benzene ring substituents is 1. The molecule has 1 aromatic rings. The molecule has 0 aliphatic heterocycles. The molecule has 5 heteroatoms. The lowest BCUT2D eigenvalue weighted by Crippen LogP contribution is -2.05. The van der Waals surface area contributed by atoms with Gasteiger partial charge in [0.15, 0.2) is 0 Å². The Labute approximate surface area is 92.4 Å². The summed E-state index contributed by atoms with van der Waals surface area (Å²) in [6, 6.07) is 5.05. The second-order valence-corrected chi connectivity index (χ2v) is 4.32. The molecular weight excluding hydrogens is 216 g/mol. The number of benzene rings is 1. The highest BCUT2D eigenvalue weighted by molar-refractivity contribution is 6.30. The van der Waals surface area contributed by atoms with Crippen LogP contribution in [0.25, 0.3) is 0 Å². The third-order valence-electron chi connectivity index (χ3n) is 2.61. The molecular formula is C10H11ClN2O2. The van der Waals surface area contributed by atoms with Gasteiger partial charge in [-0.05, 0) is 24.5 Å². The second-order valence-electron chi connectivity index (χ2n) is 3.88. The normalized spacial score (nSPS) is 23.6. The summed E-state index contributed by atoms with van der Waals surface area (Å²) < 4.78 is 0. The van der Waals surface area contributed by atoms with E-state index in [4.69, 9.17) is 11.6 Å². The van der Waals surface area contributed by atoms with E-state index in [2.05, 4.69) is 12.2 Å². The summed E-state index contributed by atoms with van der Waals surface area (Å²) in [4.78, 5) is 10.3. The molecule has 0 radical (unpaired) electrons. The molecule has 15 heavy (non-hydrogen) atoms. The van der Waals surface area contributed by atoms with Crippen molar-refractivity contribution in [3.05, 3.63) is 33.3 Å². The largest absolute Gasteiger partial charge is 0.376 e. The fourth-order valence-electron chi connectivity index (χ4n) is 1.50. The standard InChI is InChI=1S/C10H11ClN2O2/c1-6-4-9(6)12-8-3-2-7(11)5-10(8)13(14)15/h2-3,5-6,9,12H,4H2,1H3. The van der Waals surface area contributed by atoms with Crippen molar-refractivity contribution in [2.24, 2.45) is 5.92 Å². The topological polar surface area (TPSA) is 55.2 Å². The van der Waals surface area contributed by atoms with E-state index >= 15 is 0 Å². The maximum Gasteiger partial charge on any atom is 0.293 e. The van der Waals surface area contributed by atoms with E-state index in [0.717, 1.165) is 6.42 Å².